The van der Waals surface area contributed by atoms with Crippen LogP contribution < -0.4 is 10.5 Å². The van der Waals surface area contributed by atoms with Gasteiger partial charge >= 0.3 is 0 Å². The number of aryl methyl sites for hydroxylation is 1. The van der Waals surface area contributed by atoms with Crippen LogP contribution >= 0.6 is 0 Å². The lowest BCUT2D eigenvalue weighted by Crippen LogP contribution is -2.46. The highest BCUT2D eigenvalue weighted by Crippen LogP contribution is 2.24. The van der Waals surface area contributed by atoms with E-state index in [0.29, 0.717) is 11.8 Å². The highest BCUT2D eigenvalue weighted by atomic mass is 16.5. The Hall–Kier alpha value is -1.55. The van der Waals surface area contributed by atoms with Crippen LogP contribution in [0.4, 0.5) is 0 Å². The van der Waals surface area contributed by atoms with Gasteiger partial charge in [0.15, 0.2) is 6.61 Å². The number of benzene rings is 1. The number of nitrogens with two attached hydrogens (primary N) is 1. The van der Waals surface area contributed by atoms with Gasteiger partial charge in [-0.1, -0.05) is 19.9 Å². The number of piperidine rings is 1. The zero-order valence-electron chi connectivity index (χ0n) is 14.8. The summed E-state index contributed by atoms with van der Waals surface area (Å²) in [4.78, 5) is 14.3. The molecular formula is C19H30N2O2. The molecule has 0 spiro atoms. The van der Waals surface area contributed by atoms with E-state index in [1.165, 1.54) is 11.1 Å². The molecule has 4 nitrogen and oxygen atoms in total. The zero-order valence-corrected chi connectivity index (χ0v) is 14.8. The van der Waals surface area contributed by atoms with Gasteiger partial charge in [-0.2, -0.15) is 0 Å². The molecule has 0 radical (unpaired) electrons. The van der Waals surface area contributed by atoms with Gasteiger partial charge in [-0.05, 0) is 61.8 Å². The van der Waals surface area contributed by atoms with Gasteiger partial charge < -0.3 is 15.4 Å². The van der Waals surface area contributed by atoms with Crippen LogP contribution in [0.1, 0.15) is 50.7 Å². The maximum Gasteiger partial charge on any atom is 0.260 e. The van der Waals surface area contributed by atoms with Crippen molar-refractivity contribution in [1.82, 2.24) is 4.90 Å². The Bertz CT molecular complexity index is 540. The summed E-state index contributed by atoms with van der Waals surface area (Å²) in [5.41, 5.74) is 8.51. The minimum atomic E-state index is 0.0564. The first kappa shape index (κ1) is 17.8. The fourth-order valence-electron chi connectivity index (χ4n) is 3.29. The summed E-state index contributed by atoms with van der Waals surface area (Å²) in [6.07, 6.45) is 2.14. The molecule has 1 fully saturated rings. The number of likely N-dealkylation sites (tertiary alicyclic amines) is 1. The third kappa shape index (κ3) is 4.71. The van der Waals surface area contributed by atoms with Crippen LogP contribution in [0, 0.1) is 12.8 Å². The number of hydrogen-bond acceptors (Lipinski definition) is 3. The van der Waals surface area contributed by atoms with Crippen LogP contribution in [0.3, 0.4) is 0 Å². The molecule has 1 aromatic carbocycles. The van der Waals surface area contributed by atoms with E-state index in [1.807, 2.05) is 24.0 Å². The van der Waals surface area contributed by atoms with E-state index in [2.05, 4.69) is 26.8 Å². The van der Waals surface area contributed by atoms with E-state index in [-0.39, 0.29) is 18.6 Å². The van der Waals surface area contributed by atoms with E-state index in [1.54, 1.807) is 0 Å². The van der Waals surface area contributed by atoms with Gasteiger partial charge in [0.05, 0.1) is 0 Å². The second-order valence-electron chi connectivity index (χ2n) is 7.06. The van der Waals surface area contributed by atoms with E-state index in [4.69, 9.17) is 10.5 Å². The number of nitrogens with zero attached hydrogens (tertiary/aromatic N) is 1. The fraction of sp³-hybridized carbons (Fsp3) is 0.632. The van der Waals surface area contributed by atoms with Gasteiger partial charge in [-0.25, -0.2) is 0 Å². The van der Waals surface area contributed by atoms with Gasteiger partial charge in [0, 0.05) is 19.1 Å². The fourth-order valence-corrected chi connectivity index (χ4v) is 3.29. The van der Waals surface area contributed by atoms with Gasteiger partial charge in [0.25, 0.3) is 5.91 Å². The summed E-state index contributed by atoms with van der Waals surface area (Å²) in [5, 5.41) is 0. The molecule has 1 aliphatic heterocycles. The van der Waals surface area contributed by atoms with Crippen LogP contribution in [-0.4, -0.2) is 36.5 Å². The molecule has 1 heterocycles. The lowest BCUT2D eigenvalue weighted by atomic mass is 9.92. The predicted molar refractivity (Wildman–Crippen MR) is 93.7 cm³/mol. The Labute approximate surface area is 140 Å². The van der Waals surface area contributed by atoms with E-state index >= 15 is 0 Å². The molecule has 0 unspecified atom stereocenters. The highest BCUT2D eigenvalue weighted by Gasteiger charge is 2.25. The van der Waals surface area contributed by atoms with Gasteiger partial charge in [-0.15, -0.1) is 0 Å². The number of hydrogen-bond donors (Lipinski definition) is 1. The number of amides is 1. The molecule has 1 amide bonds. The topological polar surface area (TPSA) is 55.6 Å². The molecule has 1 aromatic rings. The van der Waals surface area contributed by atoms with Crippen LogP contribution in [-0.2, 0) is 4.79 Å². The highest BCUT2D eigenvalue weighted by molar-refractivity contribution is 5.77. The predicted octanol–water partition coefficient (Wildman–Crippen LogP) is 3.08. The Kier molecular flexibility index (Phi) is 6.05. The van der Waals surface area contributed by atoms with E-state index < -0.39 is 0 Å². The quantitative estimate of drug-likeness (QED) is 0.907. The average molecular weight is 318 g/mol. The first-order chi connectivity index (χ1) is 10.9. The molecule has 1 saturated heterocycles. The Morgan fingerprint density at radius 3 is 2.74 bits per heavy atom. The van der Waals surface area contributed by atoms with E-state index in [9.17, 15) is 4.79 Å². The molecule has 0 aromatic heterocycles. The lowest BCUT2D eigenvalue weighted by molar-refractivity contribution is -0.135. The van der Waals surface area contributed by atoms with Crippen molar-refractivity contribution >= 4 is 5.91 Å². The van der Waals surface area contributed by atoms with Crippen molar-refractivity contribution in [3.63, 3.8) is 0 Å². The number of ether oxygens (including phenoxy) is 1. The number of carbonyl (C=O) groups is 1. The van der Waals surface area contributed by atoms with Crippen molar-refractivity contribution in [2.45, 2.75) is 52.5 Å². The summed E-state index contributed by atoms with van der Waals surface area (Å²) >= 11 is 0. The molecule has 2 atom stereocenters. The molecule has 2 N–H and O–H groups in total. The molecular weight excluding hydrogens is 288 g/mol. The molecule has 0 saturated carbocycles. The molecule has 0 bridgehead atoms. The Morgan fingerprint density at radius 1 is 1.39 bits per heavy atom. The van der Waals surface area contributed by atoms with Crippen molar-refractivity contribution in [3.8, 4) is 5.75 Å². The third-order valence-electron chi connectivity index (χ3n) is 4.78. The molecule has 23 heavy (non-hydrogen) atoms. The van der Waals surface area contributed by atoms with Crippen molar-refractivity contribution in [3.05, 3.63) is 29.3 Å². The van der Waals surface area contributed by atoms with Crippen LogP contribution in [0.25, 0.3) is 0 Å². The molecule has 0 aliphatic carbocycles. The van der Waals surface area contributed by atoms with E-state index in [0.717, 1.165) is 31.7 Å². The zero-order chi connectivity index (χ0) is 17.0. The number of carbonyl (C=O) groups excluding carboxylic acids is 1. The third-order valence-corrected chi connectivity index (χ3v) is 4.78. The summed E-state index contributed by atoms with van der Waals surface area (Å²) < 4.78 is 5.71. The van der Waals surface area contributed by atoms with Crippen LogP contribution in [0.5, 0.6) is 5.75 Å². The second-order valence-corrected chi connectivity index (χ2v) is 7.06. The maximum absolute atomic E-state index is 12.4. The van der Waals surface area contributed by atoms with Crippen molar-refractivity contribution in [2.75, 3.05) is 19.7 Å². The standard InChI is InChI=1S/C19H30N2O2/c1-13(2)18-8-7-17(10-14(18)3)23-12-19(22)21-9-5-6-16(11-21)15(4)20/h7-8,10,13,15-16H,5-6,9,11-12,20H2,1-4H3/t15-,16+/m0/s1. The maximum atomic E-state index is 12.4. The van der Waals surface area contributed by atoms with Crippen LogP contribution in [0.2, 0.25) is 0 Å². The largest absolute Gasteiger partial charge is 0.484 e. The SMILES string of the molecule is Cc1cc(OCC(=O)N2CCC[C@@H]([C@H](C)N)C2)ccc1C(C)C. The van der Waals surface area contributed by atoms with Gasteiger partial charge in [0.2, 0.25) is 0 Å². The summed E-state index contributed by atoms with van der Waals surface area (Å²) in [6, 6.07) is 6.20. The molecule has 4 heteroatoms. The number of rotatable bonds is 5. The molecule has 1 aliphatic rings. The monoisotopic (exact) mass is 318 g/mol. The van der Waals surface area contributed by atoms with Crippen molar-refractivity contribution < 1.29 is 9.53 Å². The summed E-state index contributed by atoms with van der Waals surface area (Å²) in [5.74, 6) is 1.72. The normalized spacial score (nSPS) is 19.7. The average Bonchev–Trinajstić information content (AvgIpc) is 2.52. The minimum Gasteiger partial charge on any atom is -0.484 e. The second kappa shape index (κ2) is 7.82. The lowest BCUT2D eigenvalue weighted by Gasteiger charge is -2.34. The molecule has 128 valence electrons. The van der Waals surface area contributed by atoms with Gasteiger partial charge in [-0.3, -0.25) is 4.79 Å². The smallest absolute Gasteiger partial charge is 0.260 e. The first-order valence-electron chi connectivity index (χ1n) is 8.65. The summed E-state index contributed by atoms with van der Waals surface area (Å²) in [6.45, 7) is 10.1. The van der Waals surface area contributed by atoms with Gasteiger partial charge in [0.1, 0.15) is 5.75 Å². The Morgan fingerprint density at radius 2 is 2.13 bits per heavy atom. The van der Waals surface area contributed by atoms with Crippen LogP contribution in [0.15, 0.2) is 18.2 Å². The minimum absolute atomic E-state index is 0.0564. The van der Waals surface area contributed by atoms with Crippen molar-refractivity contribution in [1.29, 1.82) is 0 Å². The van der Waals surface area contributed by atoms with Crippen molar-refractivity contribution in [2.24, 2.45) is 11.7 Å². The summed E-state index contributed by atoms with van der Waals surface area (Å²) in [7, 11) is 0. The molecule has 2 rings (SSSR count). The Balaban J connectivity index is 1.90. The first-order valence-corrected chi connectivity index (χ1v) is 8.65.